The number of methoxy groups -OCH3 is 1. The first-order chi connectivity index (χ1) is 11.6. The second-order valence-corrected chi connectivity index (χ2v) is 7.50. The number of Topliss-reactive ketones (excluding diaryl/α,β-unsaturated/α-hetero) is 1. The van der Waals surface area contributed by atoms with Gasteiger partial charge in [-0.1, -0.05) is 11.3 Å². The minimum atomic E-state index is -0.394. The highest BCUT2D eigenvalue weighted by molar-refractivity contribution is 7.15. The van der Waals surface area contributed by atoms with Gasteiger partial charge in [0.1, 0.15) is 22.1 Å². The summed E-state index contributed by atoms with van der Waals surface area (Å²) in [7, 11) is 1.60. The third-order valence-electron chi connectivity index (χ3n) is 4.76. The van der Waals surface area contributed by atoms with Crippen molar-refractivity contribution >= 4 is 22.3 Å². The van der Waals surface area contributed by atoms with Crippen molar-refractivity contribution in [2.75, 3.05) is 25.1 Å². The summed E-state index contributed by atoms with van der Waals surface area (Å²) in [5.74, 6) is 1.49. The van der Waals surface area contributed by atoms with Crippen LogP contribution in [-0.4, -0.2) is 41.8 Å². The van der Waals surface area contributed by atoms with Crippen LogP contribution in [0.15, 0.2) is 18.2 Å². The number of piperidine rings is 1. The molecule has 1 aromatic carbocycles. The Balaban J connectivity index is 1.52. The topological polar surface area (TPSA) is 64.5 Å². The van der Waals surface area contributed by atoms with Crippen molar-refractivity contribution in [3.8, 4) is 11.5 Å². The van der Waals surface area contributed by atoms with Gasteiger partial charge in [-0.25, -0.2) is 0 Å². The molecule has 7 heteroatoms. The molecule has 0 N–H and O–H groups in total. The lowest BCUT2D eigenvalue weighted by atomic mass is 9.82. The summed E-state index contributed by atoms with van der Waals surface area (Å²) >= 11 is 1.60. The van der Waals surface area contributed by atoms with Crippen LogP contribution >= 0.6 is 11.3 Å². The van der Waals surface area contributed by atoms with E-state index in [2.05, 4.69) is 15.1 Å². The lowest BCUT2D eigenvalue weighted by molar-refractivity contribution is 0.0231. The molecular weight excluding hydrogens is 326 g/mol. The zero-order valence-electron chi connectivity index (χ0n) is 13.7. The van der Waals surface area contributed by atoms with Crippen LogP contribution in [0.25, 0.3) is 0 Å². The first kappa shape index (κ1) is 15.4. The fraction of sp³-hybridized carbons (Fsp3) is 0.471. The molecule has 2 aliphatic heterocycles. The van der Waals surface area contributed by atoms with Gasteiger partial charge in [0.05, 0.1) is 19.1 Å². The monoisotopic (exact) mass is 345 g/mol. The number of ether oxygens (including phenoxy) is 2. The number of aryl methyl sites for hydroxylation is 1. The van der Waals surface area contributed by atoms with Crippen molar-refractivity contribution in [3.05, 3.63) is 28.8 Å². The number of nitrogens with zero attached hydrogens (tertiary/aromatic N) is 3. The lowest BCUT2D eigenvalue weighted by Crippen LogP contribution is -2.51. The number of hydrogen-bond acceptors (Lipinski definition) is 7. The van der Waals surface area contributed by atoms with E-state index in [4.69, 9.17) is 9.47 Å². The molecule has 2 aromatic rings. The summed E-state index contributed by atoms with van der Waals surface area (Å²) in [6.07, 6.45) is 2.04. The standard InChI is InChI=1S/C17H19N3O3S/c1-11-18-19-16(24-11)20-7-5-17(6-8-20)10-14(21)13-9-12(22-2)3-4-15(13)23-17/h3-4,9H,5-8,10H2,1-2H3. The van der Waals surface area contributed by atoms with E-state index in [9.17, 15) is 4.79 Å². The Morgan fingerprint density at radius 3 is 2.75 bits per heavy atom. The third kappa shape index (κ3) is 2.62. The SMILES string of the molecule is COc1ccc2c(c1)C(=O)CC1(CCN(c3nnc(C)s3)CC1)O2. The van der Waals surface area contributed by atoms with Crippen LogP contribution in [0, 0.1) is 6.92 Å². The van der Waals surface area contributed by atoms with E-state index in [1.807, 2.05) is 19.1 Å². The molecule has 24 heavy (non-hydrogen) atoms. The third-order valence-corrected chi connectivity index (χ3v) is 5.66. The maximum absolute atomic E-state index is 12.6. The van der Waals surface area contributed by atoms with Crippen LogP contribution in [0.3, 0.4) is 0 Å². The Bertz CT molecular complexity index is 781. The average Bonchev–Trinajstić information content (AvgIpc) is 3.02. The molecule has 0 radical (unpaired) electrons. The molecule has 1 saturated heterocycles. The Morgan fingerprint density at radius 1 is 1.29 bits per heavy atom. The first-order valence-corrected chi connectivity index (χ1v) is 8.86. The van der Waals surface area contributed by atoms with E-state index in [1.54, 1.807) is 24.5 Å². The largest absolute Gasteiger partial charge is 0.497 e. The molecule has 4 rings (SSSR count). The molecule has 0 unspecified atom stereocenters. The summed E-state index contributed by atoms with van der Waals surface area (Å²) < 4.78 is 11.5. The van der Waals surface area contributed by atoms with Crippen molar-refractivity contribution in [1.82, 2.24) is 10.2 Å². The van der Waals surface area contributed by atoms with Gasteiger partial charge in [0.25, 0.3) is 0 Å². The van der Waals surface area contributed by atoms with Gasteiger partial charge in [0, 0.05) is 25.9 Å². The number of aromatic nitrogens is 2. The highest BCUT2D eigenvalue weighted by Gasteiger charge is 2.43. The van der Waals surface area contributed by atoms with Gasteiger partial charge in [-0.05, 0) is 25.1 Å². The van der Waals surface area contributed by atoms with Crippen molar-refractivity contribution in [2.24, 2.45) is 0 Å². The van der Waals surface area contributed by atoms with E-state index in [0.717, 1.165) is 36.1 Å². The second kappa shape index (κ2) is 5.73. The molecule has 1 fully saturated rings. The number of fused-ring (bicyclic) bond motifs is 1. The molecule has 0 amide bonds. The maximum Gasteiger partial charge on any atom is 0.208 e. The number of hydrogen-bond donors (Lipinski definition) is 0. The fourth-order valence-corrected chi connectivity index (χ4v) is 4.14. The number of carbonyl (C=O) groups is 1. The lowest BCUT2D eigenvalue weighted by Gasteiger charge is -2.43. The van der Waals surface area contributed by atoms with Crippen molar-refractivity contribution in [1.29, 1.82) is 0 Å². The van der Waals surface area contributed by atoms with Gasteiger partial charge in [-0.15, -0.1) is 10.2 Å². The van der Waals surface area contributed by atoms with Gasteiger partial charge in [0.15, 0.2) is 5.78 Å². The molecule has 0 aliphatic carbocycles. The zero-order chi connectivity index (χ0) is 16.7. The van der Waals surface area contributed by atoms with Crippen molar-refractivity contribution < 1.29 is 14.3 Å². The molecule has 1 spiro atoms. The van der Waals surface area contributed by atoms with Crippen LogP contribution in [0.5, 0.6) is 11.5 Å². The van der Waals surface area contributed by atoms with Crippen LogP contribution in [0.1, 0.15) is 34.6 Å². The molecule has 2 aliphatic rings. The summed E-state index contributed by atoms with van der Waals surface area (Å²) in [6, 6.07) is 5.45. The Hall–Kier alpha value is -2.15. The minimum absolute atomic E-state index is 0.135. The van der Waals surface area contributed by atoms with E-state index in [-0.39, 0.29) is 5.78 Å². The second-order valence-electron chi connectivity index (χ2n) is 6.34. The minimum Gasteiger partial charge on any atom is -0.497 e. The van der Waals surface area contributed by atoms with Crippen LogP contribution in [-0.2, 0) is 0 Å². The zero-order valence-corrected chi connectivity index (χ0v) is 14.6. The molecule has 0 bridgehead atoms. The maximum atomic E-state index is 12.6. The fourth-order valence-electron chi connectivity index (χ4n) is 3.40. The van der Waals surface area contributed by atoms with Gasteiger partial charge in [-0.2, -0.15) is 0 Å². The average molecular weight is 345 g/mol. The molecule has 0 saturated carbocycles. The Morgan fingerprint density at radius 2 is 2.08 bits per heavy atom. The van der Waals surface area contributed by atoms with Gasteiger partial charge < -0.3 is 14.4 Å². The molecule has 6 nitrogen and oxygen atoms in total. The summed E-state index contributed by atoms with van der Waals surface area (Å²) in [4.78, 5) is 14.8. The smallest absolute Gasteiger partial charge is 0.208 e. The normalized spacial score (nSPS) is 19.1. The summed E-state index contributed by atoms with van der Waals surface area (Å²) in [5, 5.41) is 10.2. The van der Waals surface area contributed by atoms with Gasteiger partial charge >= 0.3 is 0 Å². The quantitative estimate of drug-likeness (QED) is 0.834. The molecule has 0 atom stereocenters. The molecular formula is C17H19N3O3S. The Kier molecular flexibility index (Phi) is 3.68. The van der Waals surface area contributed by atoms with E-state index in [1.165, 1.54) is 0 Å². The predicted molar refractivity (Wildman–Crippen MR) is 91.4 cm³/mol. The summed E-state index contributed by atoms with van der Waals surface area (Å²) in [6.45, 7) is 3.61. The first-order valence-electron chi connectivity index (χ1n) is 8.04. The highest BCUT2D eigenvalue weighted by atomic mass is 32.1. The number of rotatable bonds is 2. The van der Waals surface area contributed by atoms with Gasteiger partial charge in [0.2, 0.25) is 5.13 Å². The number of benzene rings is 1. The van der Waals surface area contributed by atoms with Gasteiger partial charge in [-0.3, -0.25) is 4.79 Å². The predicted octanol–water partition coefficient (Wildman–Crippen LogP) is 2.86. The van der Waals surface area contributed by atoms with Crippen LogP contribution < -0.4 is 14.4 Å². The molecule has 126 valence electrons. The number of ketones is 1. The van der Waals surface area contributed by atoms with Crippen molar-refractivity contribution in [3.63, 3.8) is 0 Å². The number of anilines is 1. The van der Waals surface area contributed by atoms with E-state index >= 15 is 0 Å². The van der Waals surface area contributed by atoms with Crippen LogP contribution in [0.4, 0.5) is 5.13 Å². The van der Waals surface area contributed by atoms with Crippen molar-refractivity contribution in [2.45, 2.75) is 31.8 Å². The Labute approximate surface area is 144 Å². The molecule has 3 heterocycles. The summed E-state index contributed by atoms with van der Waals surface area (Å²) in [5.41, 5.74) is 0.233. The molecule has 1 aromatic heterocycles. The number of carbonyl (C=O) groups excluding carboxylic acids is 1. The van der Waals surface area contributed by atoms with E-state index in [0.29, 0.717) is 23.5 Å². The highest BCUT2D eigenvalue weighted by Crippen LogP contribution is 2.41. The van der Waals surface area contributed by atoms with Crippen LogP contribution in [0.2, 0.25) is 0 Å². The van der Waals surface area contributed by atoms with E-state index < -0.39 is 5.60 Å².